The second-order valence-corrected chi connectivity index (χ2v) is 2.78. The summed E-state index contributed by atoms with van der Waals surface area (Å²) in [5.41, 5.74) is 1.14. The maximum atomic E-state index is 4.12. The number of allylic oxidation sites excluding steroid dienone is 1. The molecule has 3 heteroatoms. The van der Waals surface area contributed by atoms with Crippen molar-refractivity contribution in [1.82, 2.24) is 15.2 Å². The molecule has 2 aromatic rings. The van der Waals surface area contributed by atoms with Crippen LogP contribution in [0.5, 0.6) is 0 Å². The van der Waals surface area contributed by atoms with Crippen molar-refractivity contribution in [2.24, 2.45) is 0 Å². The van der Waals surface area contributed by atoms with Crippen LogP contribution in [0.4, 0.5) is 0 Å². The summed E-state index contributed by atoms with van der Waals surface area (Å²) >= 11 is 0. The molecule has 3 nitrogen and oxygen atoms in total. The Hall–Kier alpha value is -1.77. The summed E-state index contributed by atoms with van der Waals surface area (Å²) in [6.07, 6.45) is 9.78. The highest BCUT2D eigenvalue weighted by Gasteiger charge is 1.99. The Balaban J connectivity index is 2.68. The van der Waals surface area contributed by atoms with Crippen molar-refractivity contribution in [1.29, 1.82) is 0 Å². The molecule has 0 bridgehead atoms. The monoisotopic (exact) mass is 171 g/mol. The Morgan fingerprint density at radius 1 is 1.15 bits per heavy atom. The maximum absolute atomic E-state index is 4.12. The zero-order valence-corrected chi connectivity index (χ0v) is 7.14. The number of hydrogen-bond acceptors (Lipinski definition) is 3. The molecule has 2 heterocycles. The first kappa shape index (κ1) is 7.86. The molecule has 2 aromatic heterocycles. The third-order valence-corrected chi connectivity index (χ3v) is 1.92. The number of aromatic nitrogens is 3. The van der Waals surface area contributed by atoms with Crippen LogP contribution in [-0.4, -0.2) is 15.2 Å². The number of pyridine rings is 1. The fourth-order valence-electron chi connectivity index (χ4n) is 1.30. The van der Waals surface area contributed by atoms with Crippen LogP contribution >= 0.6 is 0 Å². The zero-order valence-electron chi connectivity index (χ0n) is 7.14. The van der Waals surface area contributed by atoms with Gasteiger partial charge in [-0.05, 0) is 12.0 Å². The van der Waals surface area contributed by atoms with E-state index < -0.39 is 0 Å². The van der Waals surface area contributed by atoms with E-state index in [4.69, 9.17) is 0 Å². The molecule has 0 aliphatic heterocycles. The van der Waals surface area contributed by atoms with E-state index in [9.17, 15) is 0 Å². The van der Waals surface area contributed by atoms with Gasteiger partial charge in [0.1, 0.15) is 0 Å². The average molecular weight is 171 g/mol. The van der Waals surface area contributed by atoms with E-state index in [0.29, 0.717) is 0 Å². The standard InChI is InChI=1S/C10H9N3/c1-2-3-8-4-11-5-9-6-12-13-7-10(8)9/h2,4-7H,1,3H2. The lowest BCUT2D eigenvalue weighted by molar-refractivity contribution is 1.04. The van der Waals surface area contributed by atoms with Gasteiger partial charge in [-0.3, -0.25) is 4.98 Å². The first-order valence-corrected chi connectivity index (χ1v) is 4.06. The molecular weight excluding hydrogens is 162 g/mol. The molecule has 0 aromatic carbocycles. The van der Waals surface area contributed by atoms with E-state index in [1.807, 2.05) is 12.3 Å². The molecule has 2 rings (SSSR count). The van der Waals surface area contributed by atoms with Crippen molar-refractivity contribution in [2.45, 2.75) is 6.42 Å². The second kappa shape index (κ2) is 3.31. The fourth-order valence-corrected chi connectivity index (χ4v) is 1.30. The Labute approximate surface area is 76.1 Å². The first-order chi connectivity index (χ1) is 6.42. The largest absolute Gasteiger partial charge is 0.264 e. The molecule has 0 unspecified atom stereocenters. The Bertz CT molecular complexity index is 432. The van der Waals surface area contributed by atoms with Crippen LogP contribution < -0.4 is 0 Å². The van der Waals surface area contributed by atoms with Crippen LogP contribution in [0.25, 0.3) is 10.8 Å². The molecule has 0 fully saturated rings. The lowest BCUT2D eigenvalue weighted by atomic mass is 10.1. The van der Waals surface area contributed by atoms with Gasteiger partial charge in [0.2, 0.25) is 0 Å². The molecule has 0 amide bonds. The van der Waals surface area contributed by atoms with Gasteiger partial charge in [-0.2, -0.15) is 10.2 Å². The molecule has 0 aliphatic carbocycles. The van der Waals surface area contributed by atoms with E-state index in [2.05, 4.69) is 21.8 Å². The minimum absolute atomic E-state index is 0.816. The molecule has 0 spiro atoms. The fraction of sp³-hybridized carbons (Fsp3) is 0.100. The van der Waals surface area contributed by atoms with Gasteiger partial charge in [-0.1, -0.05) is 6.08 Å². The van der Waals surface area contributed by atoms with E-state index in [1.54, 1.807) is 18.6 Å². The Kier molecular flexibility index (Phi) is 2.00. The smallest absolute Gasteiger partial charge is 0.0590 e. The van der Waals surface area contributed by atoms with Gasteiger partial charge in [-0.25, -0.2) is 0 Å². The molecule has 13 heavy (non-hydrogen) atoms. The number of fused-ring (bicyclic) bond motifs is 1. The van der Waals surface area contributed by atoms with Crippen LogP contribution in [0.2, 0.25) is 0 Å². The summed E-state index contributed by atoms with van der Waals surface area (Å²) in [6.45, 7) is 3.70. The summed E-state index contributed by atoms with van der Waals surface area (Å²) in [7, 11) is 0. The van der Waals surface area contributed by atoms with E-state index in [-0.39, 0.29) is 0 Å². The van der Waals surface area contributed by atoms with Crippen molar-refractivity contribution in [3.63, 3.8) is 0 Å². The van der Waals surface area contributed by atoms with Crippen molar-refractivity contribution in [3.8, 4) is 0 Å². The van der Waals surface area contributed by atoms with Crippen molar-refractivity contribution in [3.05, 3.63) is 43.0 Å². The Morgan fingerprint density at radius 3 is 2.85 bits per heavy atom. The minimum atomic E-state index is 0.816. The van der Waals surface area contributed by atoms with Crippen molar-refractivity contribution < 1.29 is 0 Å². The maximum Gasteiger partial charge on any atom is 0.0590 e. The molecule has 0 atom stereocenters. The summed E-state index contributed by atoms with van der Waals surface area (Å²) in [5, 5.41) is 9.77. The number of hydrogen-bond donors (Lipinski definition) is 0. The number of rotatable bonds is 2. The first-order valence-electron chi connectivity index (χ1n) is 4.06. The Morgan fingerprint density at radius 2 is 2.00 bits per heavy atom. The van der Waals surface area contributed by atoms with Crippen LogP contribution in [-0.2, 0) is 6.42 Å². The second-order valence-electron chi connectivity index (χ2n) is 2.78. The minimum Gasteiger partial charge on any atom is -0.264 e. The summed E-state index contributed by atoms with van der Waals surface area (Å²) in [6, 6.07) is 0. The molecule has 0 radical (unpaired) electrons. The van der Waals surface area contributed by atoms with E-state index in [1.165, 1.54) is 0 Å². The van der Waals surface area contributed by atoms with E-state index in [0.717, 1.165) is 22.8 Å². The van der Waals surface area contributed by atoms with Gasteiger partial charge in [0.15, 0.2) is 0 Å². The highest BCUT2D eigenvalue weighted by atomic mass is 15.1. The molecule has 0 aliphatic rings. The van der Waals surface area contributed by atoms with Gasteiger partial charge in [0, 0.05) is 23.2 Å². The predicted octanol–water partition coefficient (Wildman–Crippen LogP) is 1.75. The molecule has 0 saturated carbocycles. The summed E-state index contributed by atoms with van der Waals surface area (Å²) in [5.74, 6) is 0. The third-order valence-electron chi connectivity index (χ3n) is 1.92. The van der Waals surface area contributed by atoms with Crippen LogP contribution in [0.1, 0.15) is 5.56 Å². The third kappa shape index (κ3) is 1.40. The molecule has 64 valence electrons. The zero-order chi connectivity index (χ0) is 9.10. The lowest BCUT2D eigenvalue weighted by Crippen LogP contribution is -1.88. The normalized spacial score (nSPS) is 10.2. The molecular formula is C10H9N3. The van der Waals surface area contributed by atoms with Crippen LogP contribution in [0.3, 0.4) is 0 Å². The highest BCUT2D eigenvalue weighted by molar-refractivity contribution is 5.82. The molecule has 0 saturated heterocycles. The highest BCUT2D eigenvalue weighted by Crippen LogP contribution is 2.15. The van der Waals surface area contributed by atoms with Gasteiger partial charge >= 0.3 is 0 Å². The number of nitrogens with zero attached hydrogens (tertiary/aromatic N) is 3. The topological polar surface area (TPSA) is 38.7 Å². The summed E-state index contributed by atoms with van der Waals surface area (Å²) < 4.78 is 0. The van der Waals surface area contributed by atoms with Gasteiger partial charge in [0.05, 0.1) is 12.4 Å². The van der Waals surface area contributed by atoms with Crippen molar-refractivity contribution >= 4 is 10.8 Å². The predicted molar refractivity (Wildman–Crippen MR) is 51.2 cm³/mol. The lowest BCUT2D eigenvalue weighted by Gasteiger charge is -2.00. The van der Waals surface area contributed by atoms with Gasteiger partial charge in [-0.15, -0.1) is 6.58 Å². The van der Waals surface area contributed by atoms with Gasteiger partial charge < -0.3 is 0 Å². The molecule has 0 N–H and O–H groups in total. The van der Waals surface area contributed by atoms with Crippen LogP contribution in [0.15, 0.2) is 37.4 Å². The van der Waals surface area contributed by atoms with E-state index >= 15 is 0 Å². The quantitative estimate of drug-likeness (QED) is 0.646. The average Bonchev–Trinajstić information content (AvgIpc) is 2.19. The van der Waals surface area contributed by atoms with Crippen molar-refractivity contribution in [2.75, 3.05) is 0 Å². The van der Waals surface area contributed by atoms with Gasteiger partial charge in [0.25, 0.3) is 0 Å². The van der Waals surface area contributed by atoms with Crippen LogP contribution in [0, 0.1) is 0 Å². The summed E-state index contributed by atoms with van der Waals surface area (Å²) in [4.78, 5) is 4.12. The SMILES string of the molecule is C=CCc1cncc2cnncc12.